The number of nitrogens with zero attached hydrogens (tertiary/aromatic N) is 8. The molecular formula is C108H66N8. The number of para-hydroxylation sites is 8. The zero-order valence-corrected chi connectivity index (χ0v) is 62.7. The van der Waals surface area contributed by atoms with Gasteiger partial charge in [-0.15, -0.1) is 0 Å². The van der Waals surface area contributed by atoms with E-state index in [4.69, 9.17) is 19.9 Å². The molecule has 0 unspecified atom stereocenters. The third-order valence-electron chi connectivity index (χ3n) is 24.0. The van der Waals surface area contributed by atoms with Gasteiger partial charge in [0, 0.05) is 122 Å². The van der Waals surface area contributed by atoms with Gasteiger partial charge in [0.25, 0.3) is 0 Å². The van der Waals surface area contributed by atoms with Gasteiger partial charge >= 0.3 is 0 Å². The van der Waals surface area contributed by atoms with Crippen LogP contribution in [0.3, 0.4) is 0 Å². The predicted octanol–water partition coefficient (Wildman–Crippen LogP) is 28.1. The van der Waals surface area contributed by atoms with Crippen LogP contribution in [0, 0.1) is 0 Å². The number of hydrogen-bond acceptors (Lipinski definition) is 4. The standard InChI is InChI=1S/C56H34N4.C52H32N4/c1-2-12-41(13-3-1)59-50-18-8-5-14-43(50)45-30-31-46-44-15-6-9-19-51(44)60(56(46)55(45)59)42-27-24-35(25-28-42)37-20-21-39-34-40(23-22-38(39)33-37)52-47-16-4-7-17-49(47)58-54-48(52)29-26-36-11-10-32-57-53(36)54;1-2-12-37(13-3-1)55-46-18-8-5-14-39(46)41-30-31-42-40-15-6-9-19-47(40)56(52(42)51(41)55)38-27-24-34(25-28-38)33-20-22-35(23-21-33)48-43-16-4-7-17-45(43)54-50-44(48)29-26-36-11-10-32-53-49(36)50/h1-34H;1-32H. The van der Waals surface area contributed by atoms with E-state index in [9.17, 15) is 0 Å². The maximum atomic E-state index is 5.13. The van der Waals surface area contributed by atoms with E-state index in [0.717, 1.165) is 93.7 Å². The molecule has 0 amide bonds. The zero-order chi connectivity index (χ0) is 76.1. The van der Waals surface area contributed by atoms with Gasteiger partial charge in [-0.25, -0.2) is 9.97 Å². The summed E-state index contributed by atoms with van der Waals surface area (Å²) < 4.78 is 9.79. The van der Waals surface area contributed by atoms with Crippen molar-refractivity contribution in [3.05, 3.63) is 401 Å². The molecule has 0 aliphatic rings. The third kappa shape index (κ3) is 10.1. The lowest BCUT2D eigenvalue weighted by atomic mass is 9.93. The maximum absolute atomic E-state index is 5.13. The second kappa shape index (κ2) is 26.0. The minimum absolute atomic E-state index is 0.930. The highest BCUT2D eigenvalue weighted by molar-refractivity contribution is 6.26. The largest absolute Gasteiger partial charge is 0.307 e. The van der Waals surface area contributed by atoms with Crippen molar-refractivity contribution >= 4 is 163 Å². The Balaban J connectivity index is 0.000000134. The molecule has 8 aromatic heterocycles. The fourth-order valence-corrected chi connectivity index (χ4v) is 18.9. The van der Waals surface area contributed by atoms with Crippen LogP contribution in [0.4, 0.5) is 0 Å². The topological polar surface area (TPSA) is 71.3 Å². The molecule has 8 heteroatoms. The predicted molar refractivity (Wildman–Crippen MR) is 486 cm³/mol. The lowest BCUT2D eigenvalue weighted by Gasteiger charge is -2.14. The van der Waals surface area contributed by atoms with Crippen molar-refractivity contribution in [1.82, 2.24) is 38.2 Å². The van der Waals surface area contributed by atoms with Gasteiger partial charge in [-0.2, -0.15) is 0 Å². The molecule has 0 radical (unpaired) electrons. The molecule has 17 aromatic carbocycles. The first-order chi connectivity index (χ1) is 57.6. The van der Waals surface area contributed by atoms with Gasteiger partial charge in [-0.3, -0.25) is 9.97 Å². The van der Waals surface area contributed by atoms with Crippen molar-refractivity contribution in [1.29, 1.82) is 0 Å². The Morgan fingerprint density at radius 3 is 0.879 bits per heavy atom. The lowest BCUT2D eigenvalue weighted by Crippen LogP contribution is -1.98. The van der Waals surface area contributed by atoms with Crippen LogP contribution in [0.25, 0.3) is 231 Å². The average Bonchev–Trinajstić information content (AvgIpc) is 1.58. The lowest BCUT2D eigenvalue weighted by molar-refractivity contribution is 1.15. The minimum atomic E-state index is 0.930. The van der Waals surface area contributed by atoms with E-state index in [-0.39, 0.29) is 0 Å². The van der Waals surface area contributed by atoms with Crippen LogP contribution in [-0.2, 0) is 0 Å². The van der Waals surface area contributed by atoms with Gasteiger partial charge in [-0.05, 0) is 153 Å². The van der Waals surface area contributed by atoms with Crippen LogP contribution in [-0.4, -0.2) is 38.2 Å². The summed E-state index contributed by atoms with van der Waals surface area (Å²) in [5, 5.41) is 19.1. The van der Waals surface area contributed by atoms with E-state index in [1.54, 1.807) is 0 Å². The highest BCUT2D eigenvalue weighted by Crippen LogP contribution is 2.47. The van der Waals surface area contributed by atoms with Gasteiger partial charge in [0.15, 0.2) is 0 Å². The van der Waals surface area contributed by atoms with Gasteiger partial charge in [0.2, 0.25) is 0 Å². The molecule has 25 rings (SSSR count). The Bertz CT molecular complexity index is 8360. The smallest absolute Gasteiger partial charge is 0.0978 e. The van der Waals surface area contributed by atoms with Crippen LogP contribution in [0.1, 0.15) is 0 Å². The molecule has 0 bridgehead atoms. The molecule has 0 N–H and O–H groups in total. The van der Waals surface area contributed by atoms with Gasteiger partial charge in [-0.1, -0.05) is 279 Å². The van der Waals surface area contributed by atoms with Crippen LogP contribution in [0.5, 0.6) is 0 Å². The summed E-state index contributed by atoms with van der Waals surface area (Å²) in [5.41, 5.74) is 29.3. The minimum Gasteiger partial charge on any atom is -0.307 e. The molecule has 0 aliphatic heterocycles. The first-order valence-electron chi connectivity index (χ1n) is 39.6. The van der Waals surface area contributed by atoms with Gasteiger partial charge in [0.05, 0.1) is 77.2 Å². The monoisotopic (exact) mass is 1470 g/mol. The Labute approximate surface area is 665 Å². The van der Waals surface area contributed by atoms with Crippen molar-refractivity contribution in [3.8, 4) is 67.3 Å². The summed E-state index contributed by atoms with van der Waals surface area (Å²) in [6.07, 6.45) is 3.71. The molecule has 0 aliphatic carbocycles. The van der Waals surface area contributed by atoms with Gasteiger partial charge in [0.1, 0.15) is 0 Å². The highest BCUT2D eigenvalue weighted by atomic mass is 15.1. The van der Waals surface area contributed by atoms with Crippen molar-refractivity contribution in [3.63, 3.8) is 0 Å². The molecule has 8 nitrogen and oxygen atoms in total. The Kier molecular flexibility index (Phi) is 14.6. The summed E-state index contributed by atoms with van der Waals surface area (Å²) >= 11 is 0. The highest BCUT2D eigenvalue weighted by Gasteiger charge is 2.25. The molecule has 0 saturated heterocycles. The number of pyridine rings is 4. The summed E-state index contributed by atoms with van der Waals surface area (Å²) in [5.74, 6) is 0. The fraction of sp³-hybridized carbons (Fsp3) is 0. The first kappa shape index (κ1) is 65.1. The number of fused-ring (bicyclic) bond motifs is 23. The van der Waals surface area contributed by atoms with E-state index in [1.165, 1.54) is 137 Å². The molecule has 25 aromatic rings. The number of aromatic nitrogens is 8. The average molecular weight is 1480 g/mol. The SMILES string of the molecule is c1ccc(-n2c3ccccc3c3ccc4c5ccccc5n(-c5ccc(-c6ccc(-c7c8ccccc8nc8c7ccc7cccnc78)cc6)cc5)c4c32)cc1.c1ccc(-n2c3ccccc3c3ccc4c5ccccc5n(-c5ccc(-c6ccc7cc(-c8c9ccccc9nc9c8ccc8cccnc89)ccc7c6)cc5)c4c32)cc1. The molecule has 0 saturated carbocycles. The zero-order valence-electron chi connectivity index (χ0n) is 62.7. The van der Waals surface area contributed by atoms with Crippen molar-refractivity contribution in [2.24, 2.45) is 0 Å². The van der Waals surface area contributed by atoms with E-state index >= 15 is 0 Å². The summed E-state index contributed by atoms with van der Waals surface area (Å²) in [6, 6.07) is 140. The normalized spacial score (nSPS) is 12.0. The van der Waals surface area contributed by atoms with Crippen molar-refractivity contribution in [2.45, 2.75) is 0 Å². The van der Waals surface area contributed by atoms with Crippen molar-refractivity contribution in [2.75, 3.05) is 0 Å². The van der Waals surface area contributed by atoms with E-state index < -0.39 is 0 Å². The van der Waals surface area contributed by atoms with E-state index in [1.807, 2.05) is 24.5 Å². The second-order valence-electron chi connectivity index (χ2n) is 30.3. The van der Waals surface area contributed by atoms with Crippen LogP contribution < -0.4 is 0 Å². The molecule has 8 heterocycles. The number of benzene rings is 17. The van der Waals surface area contributed by atoms with E-state index in [2.05, 4.69) is 394 Å². The molecular weight excluding hydrogens is 1410 g/mol. The maximum Gasteiger partial charge on any atom is 0.0978 e. The van der Waals surface area contributed by atoms with Crippen LogP contribution in [0.15, 0.2) is 401 Å². The summed E-state index contributed by atoms with van der Waals surface area (Å²) in [4.78, 5) is 19.7. The molecule has 538 valence electrons. The molecule has 0 fully saturated rings. The Hall–Kier alpha value is -15.6. The fourth-order valence-electron chi connectivity index (χ4n) is 18.9. The first-order valence-corrected chi connectivity index (χ1v) is 39.6. The second-order valence-corrected chi connectivity index (χ2v) is 30.3. The molecule has 0 spiro atoms. The van der Waals surface area contributed by atoms with Crippen molar-refractivity contribution < 1.29 is 0 Å². The quantitative estimate of drug-likeness (QED) is 0.112. The Morgan fingerprint density at radius 1 is 0.172 bits per heavy atom. The molecule has 0 atom stereocenters. The summed E-state index contributed by atoms with van der Waals surface area (Å²) in [6.45, 7) is 0. The summed E-state index contributed by atoms with van der Waals surface area (Å²) in [7, 11) is 0. The molecule has 116 heavy (non-hydrogen) atoms. The van der Waals surface area contributed by atoms with Crippen LogP contribution in [0.2, 0.25) is 0 Å². The third-order valence-corrected chi connectivity index (χ3v) is 24.0. The van der Waals surface area contributed by atoms with Crippen LogP contribution >= 0.6 is 0 Å². The number of rotatable bonds is 8. The Morgan fingerprint density at radius 2 is 0.466 bits per heavy atom. The van der Waals surface area contributed by atoms with E-state index in [0.29, 0.717) is 0 Å². The number of hydrogen-bond donors (Lipinski definition) is 0. The van der Waals surface area contributed by atoms with Gasteiger partial charge < -0.3 is 18.3 Å².